The van der Waals surface area contributed by atoms with Crippen LogP contribution in [0.3, 0.4) is 0 Å². The van der Waals surface area contributed by atoms with Crippen LogP contribution in [0, 0.1) is 11.3 Å². The molecule has 90 valence electrons. The molecule has 0 bridgehead atoms. The van der Waals surface area contributed by atoms with Gasteiger partial charge in [-0.2, -0.15) is 0 Å². The van der Waals surface area contributed by atoms with Crippen molar-refractivity contribution in [3.05, 3.63) is 0 Å². The van der Waals surface area contributed by atoms with Gasteiger partial charge in [-0.25, -0.2) is 13.1 Å². The van der Waals surface area contributed by atoms with Crippen LogP contribution in [0.15, 0.2) is 0 Å². The van der Waals surface area contributed by atoms with Gasteiger partial charge in [0.1, 0.15) is 0 Å². The van der Waals surface area contributed by atoms with Crippen LogP contribution in [-0.4, -0.2) is 38.3 Å². The van der Waals surface area contributed by atoms with E-state index in [1.165, 1.54) is 0 Å². The molecule has 1 saturated carbocycles. The lowest BCUT2D eigenvalue weighted by Crippen LogP contribution is -2.35. The number of hydrogen-bond donors (Lipinski definition) is 2. The summed E-state index contributed by atoms with van der Waals surface area (Å²) in [4.78, 5) is 0. The molecule has 0 aromatic carbocycles. The number of halogens is 1. The van der Waals surface area contributed by atoms with Crippen molar-refractivity contribution in [3.8, 4) is 0 Å². The van der Waals surface area contributed by atoms with Gasteiger partial charge in [0.25, 0.3) is 0 Å². The van der Waals surface area contributed by atoms with Gasteiger partial charge < -0.3 is 5.11 Å². The summed E-state index contributed by atoms with van der Waals surface area (Å²) in [6.07, 6.45) is 1.80. The van der Waals surface area contributed by atoms with Crippen LogP contribution >= 0.6 is 11.6 Å². The number of aliphatic hydroxyl groups excluding tert-OH is 1. The Hall–Kier alpha value is 0.160. The molecule has 0 aromatic rings. The summed E-state index contributed by atoms with van der Waals surface area (Å²) in [6.45, 7) is 2.20. The highest BCUT2D eigenvalue weighted by molar-refractivity contribution is 7.89. The Morgan fingerprint density at radius 1 is 1.53 bits per heavy atom. The lowest BCUT2D eigenvalue weighted by atomic mass is 10.1. The summed E-state index contributed by atoms with van der Waals surface area (Å²) < 4.78 is 25.6. The molecule has 0 heterocycles. The van der Waals surface area contributed by atoms with E-state index >= 15 is 0 Å². The molecule has 15 heavy (non-hydrogen) atoms. The van der Waals surface area contributed by atoms with Crippen molar-refractivity contribution in [3.63, 3.8) is 0 Å². The molecule has 0 aliphatic heterocycles. The third kappa shape index (κ3) is 4.26. The Balaban J connectivity index is 2.36. The zero-order valence-corrected chi connectivity index (χ0v) is 10.4. The molecule has 1 fully saturated rings. The molecular weight excluding hydrogens is 238 g/mol. The average molecular weight is 256 g/mol. The predicted octanol–water partition coefficient (Wildman–Crippen LogP) is 0.553. The monoisotopic (exact) mass is 255 g/mol. The SMILES string of the molecule is CC(CCl)CS(=O)(=O)NCC1(CO)CC1. The van der Waals surface area contributed by atoms with E-state index in [2.05, 4.69) is 4.72 Å². The lowest BCUT2D eigenvalue weighted by Gasteiger charge is -2.14. The number of aliphatic hydroxyl groups is 1. The summed E-state index contributed by atoms with van der Waals surface area (Å²) in [5.74, 6) is 0.345. The first-order chi connectivity index (χ1) is 6.93. The maximum absolute atomic E-state index is 11.5. The van der Waals surface area contributed by atoms with Crippen molar-refractivity contribution in [2.75, 3.05) is 24.8 Å². The molecule has 0 aromatic heterocycles. The lowest BCUT2D eigenvalue weighted by molar-refractivity contribution is 0.213. The van der Waals surface area contributed by atoms with E-state index in [1.54, 1.807) is 6.92 Å². The van der Waals surface area contributed by atoms with E-state index < -0.39 is 10.0 Å². The van der Waals surface area contributed by atoms with Crippen molar-refractivity contribution in [2.24, 2.45) is 11.3 Å². The molecule has 1 rings (SSSR count). The summed E-state index contributed by atoms with van der Waals surface area (Å²) in [6, 6.07) is 0. The molecule has 0 amide bonds. The Morgan fingerprint density at radius 2 is 2.13 bits per heavy atom. The summed E-state index contributed by atoms with van der Waals surface area (Å²) in [5, 5.41) is 9.03. The molecule has 4 nitrogen and oxygen atoms in total. The first-order valence-corrected chi connectivity index (χ1v) is 7.26. The molecule has 0 radical (unpaired) electrons. The van der Waals surface area contributed by atoms with Gasteiger partial charge in [-0.05, 0) is 18.8 Å². The van der Waals surface area contributed by atoms with Crippen LogP contribution in [-0.2, 0) is 10.0 Å². The number of hydrogen-bond acceptors (Lipinski definition) is 3. The Morgan fingerprint density at radius 3 is 2.53 bits per heavy atom. The number of rotatable bonds is 7. The van der Waals surface area contributed by atoms with Crippen LogP contribution < -0.4 is 4.72 Å². The Labute approximate surface area is 96.1 Å². The zero-order valence-electron chi connectivity index (χ0n) is 8.87. The maximum atomic E-state index is 11.5. The molecule has 1 aliphatic rings. The van der Waals surface area contributed by atoms with E-state index in [0.717, 1.165) is 12.8 Å². The first kappa shape index (κ1) is 13.2. The minimum atomic E-state index is -3.24. The summed E-state index contributed by atoms with van der Waals surface area (Å²) >= 11 is 5.56. The minimum absolute atomic E-state index is 0.0477. The highest BCUT2D eigenvalue weighted by atomic mass is 35.5. The van der Waals surface area contributed by atoms with E-state index in [1.807, 2.05) is 0 Å². The van der Waals surface area contributed by atoms with Crippen molar-refractivity contribution >= 4 is 21.6 Å². The normalized spacial score (nSPS) is 21.3. The van der Waals surface area contributed by atoms with Crippen molar-refractivity contribution in [1.29, 1.82) is 0 Å². The smallest absolute Gasteiger partial charge is 0.211 e. The number of alkyl halides is 1. The second-order valence-corrected chi connectivity index (χ2v) is 6.68. The van der Waals surface area contributed by atoms with Crippen LogP contribution in [0.25, 0.3) is 0 Å². The number of nitrogens with one attached hydrogen (secondary N) is 1. The fraction of sp³-hybridized carbons (Fsp3) is 1.00. The number of sulfonamides is 1. The Kier molecular flexibility index (Phi) is 4.40. The molecule has 6 heteroatoms. The van der Waals surface area contributed by atoms with Gasteiger partial charge in [0.05, 0.1) is 5.75 Å². The second-order valence-electron chi connectivity index (χ2n) is 4.52. The van der Waals surface area contributed by atoms with Crippen LogP contribution in [0.4, 0.5) is 0 Å². The molecule has 1 atom stereocenters. The van der Waals surface area contributed by atoms with Gasteiger partial charge in [-0.15, -0.1) is 11.6 Å². The topological polar surface area (TPSA) is 66.4 Å². The summed E-state index contributed by atoms with van der Waals surface area (Å²) in [5.41, 5.74) is -0.183. The van der Waals surface area contributed by atoms with Crippen LogP contribution in [0.2, 0.25) is 0 Å². The van der Waals surface area contributed by atoms with Gasteiger partial charge in [-0.1, -0.05) is 6.92 Å². The predicted molar refractivity (Wildman–Crippen MR) is 60.4 cm³/mol. The van der Waals surface area contributed by atoms with Crippen molar-refractivity contribution in [1.82, 2.24) is 4.72 Å². The fourth-order valence-electron chi connectivity index (χ4n) is 1.31. The average Bonchev–Trinajstić information content (AvgIpc) is 2.95. The summed E-state index contributed by atoms with van der Waals surface area (Å²) in [7, 11) is -3.24. The zero-order chi connectivity index (χ0) is 11.5. The largest absolute Gasteiger partial charge is 0.396 e. The van der Waals surface area contributed by atoms with Gasteiger partial charge in [0.2, 0.25) is 10.0 Å². The van der Waals surface area contributed by atoms with Crippen molar-refractivity contribution < 1.29 is 13.5 Å². The highest BCUT2D eigenvalue weighted by Crippen LogP contribution is 2.44. The van der Waals surface area contributed by atoms with Gasteiger partial charge >= 0.3 is 0 Å². The first-order valence-electron chi connectivity index (χ1n) is 5.07. The molecular formula is C9H18ClNO3S. The van der Waals surface area contributed by atoms with Gasteiger partial charge in [-0.3, -0.25) is 0 Å². The van der Waals surface area contributed by atoms with Gasteiger partial charge in [0, 0.05) is 24.4 Å². The quantitative estimate of drug-likeness (QED) is 0.653. The van der Waals surface area contributed by atoms with Crippen LogP contribution in [0.5, 0.6) is 0 Å². The molecule has 2 N–H and O–H groups in total. The third-order valence-corrected chi connectivity index (χ3v) is 4.85. The molecule has 1 aliphatic carbocycles. The highest BCUT2D eigenvalue weighted by Gasteiger charge is 2.42. The van der Waals surface area contributed by atoms with E-state index in [-0.39, 0.29) is 23.7 Å². The third-order valence-electron chi connectivity index (χ3n) is 2.73. The van der Waals surface area contributed by atoms with E-state index in [0.29, 0.717) is 12.4 Å². The standard InChI is InChI=1S/C9H18ClNO3S/c1-8(4-10)5-15(13,14)11-6-9(7-12)2-3-9/h8,11-12H,2-7H2,1H3. The Bertz CT molecular complexity index is 300. The molecule has 0 spiro atoms. The fourth-order valence-corrected chi connectivity index (χ4v) is 3.06. The van der Waals surface area contributed by atoms with Crippen LogP contribution in [0.1, 0.15) is 19.8 Å². The minimum Gasteiger partial charge on any atom is -0.396 e. The maximum Gasteiger partial charge on any atom is 0.211 e. The van der Waals surface area contributed by atoms with Gasteiger partial charge in [0.15, 0.2) is 0 Å². The van der Waals surface area contributed by atoms with Crippen molar-refractivity contribution in [2.45, 2.75) is 19.8 Å². The molecule has 0 saturated heterocycles. The van der Waals surface area contributed by atoms with E-state index in [4.69, 9.17) is 16.7 Å². The van der Waals surface area contributed by atoms with E-state index in [9.17, 15) is 8.42 Å². The molecule has 1 unspecified atom stereocenters. The second kappa shape index (κ2) is 4.99.